The van der Waals surface area contributed by atoms with E-state index in [4.69, 9.17) is 4.74 Å². The SMILES string of the molecule is CN1CCCC1COc1cnsn1. The first-order valence-electron chi connectivity index (χ1n) is 4.47. The van der Waals surface area contributed by atoms with Crippen LogP contribution in [0.4, 0.5) is 0 Å². The lowest BCUT2D eigenvalue weighted by Crippen LogP contribution is -2.30. The second kappa shape index (κ2) is 4.02. The minimum absolute atomic E-state index is 0.557. The van der Waals surface area contributed by atoms with Gasteiger partial charge in [0.2, 0.25) is 5.88 Å². The Bertz CT molecular complexity index is 252. The van der Waals surface area contributed by atoms with Gasteiger partial charge in [-0.3, -0.25) is 0 Å². The van der Waals surface area contributed by atoms with Crippen molar-refractivity contribution in [1.29, 1.82) is 0 Å². The molecule has 0 bridgehead atoms. The van der Waals surface area contributed by atoms with Gasteiger partial charge in [0.25, 0.3) is 0 Å². The third-order valence-electron chi connectivity index (χ3n) is 2.44. The summed E-state index contributed by atoms with van der Waals surface area (Å²) in [5, 5.41) is 0. The van der Waals surface area contributed by atoms with Crippen molar-refractivity contribution in [3.05, 3.63) is 6.20 Å². The van der Waals surface area contributed by atoms with E-state index in [0.717, 1.165) is 6.61 Å². The van der Waals surface area contributed by atoms with Gasteiger partial charge in [0.15, 0.2) is 0 Å². The third-order valence-corrected chi connectivity index (χ3v) is 2.90. The van der Waals surface area contributed by atoms with Crippen LogP contribution in [0.15, 0.2) is 6.20 Å². The summed E-state index contributed by atoms with van der Waals surface area (Å²) < 4.78 is 13.4. The number of rotatable bonds is 3. The van der Waals surface area contributed by atoms with Crippen LogP contribution in [0.25, 0.3) is 0 Å². The predicted molar refractivity (Wildman–Crippen MR) is 51.1 cm³/mol. The van der Waals surface area contributed by atoms with Crippen LogP contribution in [-0.2, 0) is 0 Å². The van der Waals surface area contributed by atoms with E-state index >= 15 is 0 Å². The number of ether oxygens (including phenoxy) is 1. The zero-order valence-electron chi connectivity index (χ0n) is 7.64. The summed E-state index contributed by atoms with van der Waals surface area (Å²) >= 11 is 1.18. The average molecular weight is 199 g/mol. The van der Waals surface area contributed by atoms with Crippen LogP contribution in [0.3, 0.4) is 0 Å². The normalized spacial score (nSPS) is 23.6. The summed E-state index contributed by atoms with van der Waals surface area (Å²) in [7, 11) is 2.14. The smallest absolute Gasteiger partial charge is 0.245 e. The molecule has 0 aromatic carbocycles. The minimum Gasteiger partial charge on any atom is -0.474 e. The van der Waals surface area contributed by atoms with Gasteiger partial charge in [-0.1, -0.05) is 0 Å². The number of likely N-dealkylation sites (tertiary alicyclic amines) is 1. The molecule has 1 saturated heterocycles. The zero-order valence-corrected chi connectivity index (χ0v) is 8.46. The highest BCUT2D eigenvalue weighted by Gasteiger charge is 2.21. The maximum atomic E-state index is 5.50. The summed E-state index contributed by atoms with van der Waals surface area (Å²) in [5.74, 6) is 0.658. The standard InChI is InChI=1S/C8H13N3OS/c1-11-4-2-3-7(11)6-12-8-5-9-13-10-8/h5,7H,2-4,6H2,1H3. The van der Waals surface area contributed by atoms with Gasteiger partial charge >= 0.3 is 0 Å². The molecule has 1 fully saturated rings. The van der Waals surface area contributed by atoms with Crippen molar-refractivity contribution in [2.24, 2.45) is 0 Å². The van der Waals surface area contributed by atoms with E-state index in [0.29, 0.717) is 11.9 Å². The van der Waals surface area contributed by atoms with Crippen molar-refractivity contribution < 1.29 is 4.74 Å². The van der Waals surface area contributed by atoms with Crippen molar-refractivity contribution >= 4 is 11.7 Å². The molecule has 1 atom stereocenters. The molecular weight excluding hydrogens is 186 g/mol. The van der Waals surface area contributed by atoms with Crippen LogP contribution in [0.5, 0.6) is 5.88 Å². The molecule has 4 nitrogen and oxygen atoms in total. The second-order valence-corrected chi connectivity index (χ2v) is 3.89. The molecule has 1 aromatic rings. The summed E-state index contributed by atoms with van der Waals surface area (Å²) in [4.78, 5) is 2.33. The van der Waals surface area contributed by atoms with Crippen LogP contribution in [0.1, 0.15) is 12.8 Å². The van der Waals surface area contributed by atoms with Crippen LogP contribution in [-0.4, -0.2) is 39.9 Å². The Labute approximate surface area is 81.9 Å². The van der Waals surface area contributed by atoms with E-state index in [2.05, 4.69) is 20.7 Å². The fraction of sp³-hybridized carbons (Fsp3) is 0.750. The number of likely N-dealkylation sites (N-methyl/N-ethyl adjacent to an activating group) is 1. The quantitative estimate of drug-likeness (QED) is 0.728. The summed E-state index contributed by atoms with van der Waals surface area (Å²) in [6, 6.07) is 0.557. The van der Waals surface area contributed by atoms with E-state index in [1.807, 2.05) is 0 Å². The molecule has 1 aromatic heterocycles. The fourth-order valence-electron chi connectivity index (χ4n) is 1.59. The fourth-order valence-corrected chi connectivity index (χ4v) is 1.96. The first-order valence-corrected chi connectivity index (χ1v) is 5.20. The predicted octanol–water partition coefficient (Wildman–Crippen LogP) is 1.01. The molecule has 0 saturated carbocycles. The van der Waals surface area contributed by atoms with Crippen molar-refractivity contribution in [1.82, 2.24) is 13.6 Å². The Morgan fingerprint density at radius 2 is 2.69 bits per heavy atom. The molecule has 13 heavy (non-hydrogen) atoms. The van der Waals surface area contributed by atoms with Gasteiger partial charge in [0.1, 0.15) is 12.8 Å². The minimum atomic E-state index is 0.557. The van der Waals surface area contributed by atoms with Crippen molar-refractivity contribution in [2.75, 3.05) is 20.2 Å². The molecule has 0 N–H and O–H groups in total. The molecule has 72 valence electrons. The van der Waals surface area contributed by atoms with Gasteiger partial charge in [-0.25, -0.2) is 0 Å². The number of nitrogens with zero attached hydrogens (tertiary/aromatic N) is 3. The first-order chi connectivity index (χ1) is 6.36. The molecule has 2 heterocycles. The highest BCUT2D eigenvalue weighted by Crippen LogP contribution is 2.16. The Morgan fingerprint density at radius 3 is 3.31 bits per heavy atom. The van der Waals surface area contributed by atoms with Crippen molar-refractivity contribution in [3.63, 3.8) is 0 Å². The highest BCUT2D eigenvalue weighted by atomic mass is 32.1. The maximum absolute atomic E-state index is 5.50. The molecule has 0 amide bonds. The van der Waals surface area contributed by atoms with Gasteiger partial charge in [-0.2, -0.15) is 4.37 Å². The summed E-state index contributed by atoms with van der Waals surface area (Å²) in [5.41, 5.74) is 0. The van der Waals surface area contributed by atoms with Crippen molar-refractivity contribution in [3.8, 4) is 5.88 Å². The number of hydrogen-bond acceptors (Lipinski definition) is 5. The van der Waals surface area contributed by atoms with E-state index in [9.17, 15) is 0 Å². The van der Waals surface area contributed by atoms with E-state index in [-0.39, 0.29) is 0 Å². The number of hydrogen-bond donors (Lipinski definition) is 0. The van der Waals surface area contributed by atoms with Crippen molar-refractivity contribution in [2.45, 2.75) is 18.9 Å². The van der Waals surface area contributed by atoms with Gasteiger partial charge in [0, 0.05) is 6.04 Å². The Balaban J connectivity index is 1.79. The Morgan fingerprint density at radius 1 is 1.77 bits per heavy atom. The summed E-state index contributed by atoms with van der Waals surface area (Å²) in [6.07, 6.45) is 4.17. The largest absolute Gasteiger partial charge is 0.474 e. The van der Waals surface area contributed by atoms with Gasteiger partial charge in [-0.15, -0.1) is 4.37 Å². The molecule has 1 aliphatic rings. The lowest BCUT2D eigenvalue weighted by molar-refractivity contribution is 0.194. The lowest BCUT2D eigenvalue weighted by atomic mass is 10.2. The highest BCUT2D eigenvalue weighted by molar-refractivity contribution is 6.99. The third kappa shape index (κ3) is 2.16. The maximum Gasteiger partial charge on any atom is 0.245 e. The van der Waals surface area contributed by atoms with Crippen LogP contribution in [0, 0.1) is 0 Å². The molecule has 0 spiro atoms. The topological polar surface area (TPSA) is 38.2 Å². The van der Waals surface area contributed by atoms with Crippen LogP contribution >= 0.6 is 11.7 Å². The molecule has 1 unspecified atom stereocenters. The van der Waals surface area contributed by atoms with E-state index in [1.54, 1.807) is 6.20 Å². The lowest BCUT2D eigenvalue weighted by Gasteiger charge is -2.18. The summed E-state index contributed by atoms with van der Waals surface area (Å²) in [6.45, 7) is 1.92. The Kier molecular flexibility index (Phi) is 2.75. The van der Waals surface area contributed by atoms with Crippen LogP contribution < -0.4 is 4.74 Å². The van der Waals surface area contributed by atoms with Gasteiger partial charge < -0.3 is 9.64 Å². The zero-order chi connectivity index (χ0) is 9.10. The molecule has 5 heteroatoms. The second-order valence-electron chi connectivity index (χ2n) is 3.33. The molecule has 1 aliphatic heterocycles. The van der Waals surface area contributed by atoms with Gasteiger partial charge in [0.05, 0.1) is 11.7 Å². The number of aromatic nitrogens is 2. The Hall–Kier alpha value is -0.680. The first kappa shape index (κ1) is 8.90. The molecule has 2 rings (SSSR count). The average Bonchev–Trinajstić information content (AvgIpc) is 2.72. The molecular formula is C8H13N3OS. The monoisotopic (exact) mass is 199 g/mol. The van der Waals surface area contributed by atoms with Gasteiger partial charge in [-0.05, 0) is 26.4 Å². The van der Waals surface area contributed by atoms with E-state index < -0.39 is 0 Å². The molecule has 0 aliphatic carbocycles. The van der Waals surface area contributed by atoms with E-state index in [1.165, 1.54) is 31.1 Å². The van der Waals surface area contributed by atoms with Crippen LogP contribution in [0.2, 0.25) is 0 Å². The molecule has 0 radical (unpaired) electrons.